The van der Waals surface area contributed by atoms with Crippen LogP contribution in [0.3, 0.4) is 0 Å². The Morgan fingerprint density at radius 2 is 0.758 bits per heavy atom. The van der Waals surface area contributed by atoms with Gasteiger partial charge in [0.15, 0.2) is 12.2 Å². The van der Waals surface area contributed by atoms with Crippen molar-refractivity contribution in [1.29, 1.82) is 0 Å². The first-order valence-electron chi connectivity index (χ1n) is 24.5. The van der Waals surface area contributed by atoms with E-state index in [1.54, 1.807) is 24.3 Å². The zero-order valence-corrected chi connectivity index (χ0v) is 37.9. The zero-order chi connectivity index (χ0) is 43.2. The van der Waals surface area contributed by atoms with E-state index in [2.05, 4.69) is 13.8 Å². The fourth-order valence-corrected chi connectivity index (χ4v) is 9.74. The van der Waals surface area contributed by atoms with Crippen molar-refractivity contribution in [2.45, 2.75) is 154 Å². The maximum absolute atomic E-state index is 13.8. The molecule has 2 fully saturated rings. The maximum Gasteiger partial charge on any atom is 0.338 e. The predicted molar refractivity (Wildman–Crippen MR) is 251 cm³/mol. The van der Waals surface area contributed by atoms with E-state index in [-0.39, 0.29) is 0 Å². The molecule has 62 heavy (non-hydrogen) atoms. The normalized spacial score (nSPS) is 19.8. The third-order valence-electron chi connectivity index (χ3n) is 13.6. The lowest BCUT2D eigenvalue weighted by atomic mass is 9.78. The van der Waals surface area contributed by atoms with Crippen LogP contribution in [-0.4, -0.2) is 25.2 Å². The molecule has 6 nitrogen and oxygen atoms in total. The van der Waals surface area contributed by atoms with Crippen molar-refractivity contribution >= 4 is 11.9 Å². The largest absolute Gasteiger partial charge is 0.494 e. The summed E-state index contributed by atoms with van der Waals surface area (Å²) in [6.07, 6.45) is 24.6. The van der Waals surface area contributed by atoms with Crippen LogP contribution in [0.2, 0.25) is 0 Å². The number of benzene rings is 4. The number of carbonyl (C=O) groups excluding carboxylic acids is 2. The third-order valence-corrected chi connectivity index (χ3v) is 13.6. The zero-order valence-electron chi connectivity index (χ0n) is 37.9. The average Bonchev–Trinajstić information content (AvgIpc) is 3.32. The molecule has 334 valence electrons. The quantitative estimate of drug-likeness (QED) is 0.0489. The number of hydrogen-bond donors (Lipinski definition) is 0. The number of esters is 2. The van der Waals surface area contributed by atoms with Gasteiger partial charge in [-0.05, 0) is 109 Å². The van der Waals surface area contributed by atoms with Crippen molar-refractivity contribution in [3.8, 4) is 11.5 Å². The maximum atomic E-state index is 13.8. The molecule has 0 saturated heterocycles. The van der Waals surface area contributed by atoms with Crippen LogP contribution in [0.15, 0.2) is 109 Å². The van der Waals surface area contributed by atoms with E-state index < -0.39 is 24.1 Å². The Morgan fingerprint density at radius 1 is 0.435 bits per heavy atom. The third kappa shape index (κ3) is 15.3. The van der Waals surface area contributed by atoms with Gasteiger partial charge in [-0.1, -0.05) is 177 Å². The molecule has 0 aliphatic heterocycles. The molecule has 0 N–H and O–H groups in total. The second kappa shape index (κ2) is 26.1. The standard InChI is InChI=1S/C56H74O6/c1-3-5-9-17-43-25-29-45(30-26-43)19-15-41-59-51-37-33-49(34-38-51)55(57)61-53(47-21-11-7-12-22-47)54(48-23-13-8-14-24-48)62-56(58)50-35-39-52(40-36-50)60-42-16-20-46-31-27-44(28-32-46)18-10-6-4-2/h7-8,11-14,21-24,33-40,43-46,53-54H,3-6,9-10,15-20,25-32,41-42H2,1-2H3/t43?,44?,45?,46?,53-,54-/m1/s1. The molecule has 0 aromatic heterocycles. The predicted octanol–water partition coefficient (Wildman–Crippen LogP) is 15.3. The van der Waals surface area contributed by atoms with Gasteiger partial charge >= 0.3 is 11.9 Å². The van der Waals surface area contributed by atoms with Gasteiger partial charge in [0.2, 0.25) is 0 Å². The van der Waals surface area contributed by atoms with Crippen molar-refractivity contribution in [3.63, 3.8) is 0 Å². The summed E-state index contributed by atoms with van der Waals surface area (Å²) in [5, 5.41) is 0. The number of carbonyl (C=O) groups is 2. The molecule has 4 aromatic carbocycles. The molecular weight excluding hydrogens is 769 g/mol. The summed E-state index contributed by atoms with van der Waals surface area (Å²) >= 11 is 0. The summed E-state index contributed by atoms with van der Waals surface area (Å²) in [4.78, 5) is 27.7. The number of unbranched alkanes of at least 4 members (excludes halogenated alkanes) is 4. The Balaban J connectivity index is 1.00. The van der Waals surface area contributed by atoms with E-state index in [0.29, 0.717) is 24.3 Å². The SMILES string of the molecule is CCCCCC1CCC(CCCOc2ccc(C(=O)O[C@H](c3ccccc3)[C@H](OC(=O)c3ccc(OCCCC4CCC(CCCCC)CC4)cc3)c3ccccc3)cc2)CC1. The molecule has 4 aromatic rings. The van der Waals surface area contributed by atoms with Crippen LogP contribution in [0.25, 0.3) is 0 Å². The second-order valence-electron chi connectivity index (χ2n) is 18.3. The smallest absolute Gasteiger partial charge is 0.338 e. The number of hydrogen-bond acceptors (Lipinski definition) is 6. The number of ether oxygens (including phenoxy) is 4. The molecule has 0 bridgehead atoms. The van der Waals surface area contributed by atoms with E-state index in [4.69, 9.17) is 18.9 Å². The lowest BCUT2D eigenvalue weighted by molar-refractivity contribution is -0.0388. The van der Waals surface area contributed by atoms with Crippen molar-refractivity contribution in [3.05, 3.63) is 131 Å². The molecule has 0 heterocycles. The monoisotopic (exact) mass is 843 g/mol. The van der Waals surface area contributed by atoms with Gasteiger partial charge in [-0.15, -0.1) is 0 Å². The van der Waals surface area contributed by atoms with Gasteiger partial charge in [0, 0.05) is 0 Å². The van der Waals surface area contributed by atoms with Crippen molar-refractivity contribution in [1.82, 2.24) is 0 Å². The molecule has 0 unspecified atom stereocenters. The molecule has 2 aliphatic carbocycles. The minimum absolute atomic E-state index is 0.396. The highest BCUT2D eigenvalue weighted by Crippen LogP contribution is 2.38. The van der Waals surface area contributed by atoms with Crippen molar-refractivity contribution < 1.29 is 28.5 Å². The first-order chi connectivity index (χ1) is 30.5. The molecule has 0 amide bonds. The molecule has 2 saturated carbocycles. The summed E-state index contributed by atoms with van der Waals surface area (Å²) in [6.45, 7) is 5.89. The minimum Gasteiger partial charge on any atom is -0.494 e. The van der Waals surface area contributed by atoms with Gasteiger partial charge in [0.25, 0.3) is 0 Å². The lowest BCUT2D eigenvalue weighted by Gasteiger charge is -2.28. The molecule has 6 heteroatoms. The van der Waals surface area contributed by atoms with E-state index in [1.165, 1.54) is 116 Å². The fraction of sp³-hybridized carbons (Fsp3) is 0.536. The van der Waals surface area contributed by atoms with Gasteiger partial charge in [0.1, 0.15) is 11.5 Å². The molecule has 0 radical (unpaired) electrons. The summed E-state index contributed by atoms with van der Waals surface area (Å²) < 4.78 is 24.8. The Hall–Kier alpha value is -4.58. The van der Waals surface area contributed by atoms with Gasteiger partial charge < -0.3 is 18.9 Å². The van der Waals surface area contributed by atoms with Crippen LogP contribution < -0.4 is 9.47 Å². The van der Waals surface area contributed by atoms with Crippen LogP contribution in [0.1, 0.15) is 186 Å². The summed E-state index contributed by atoms with van der Waals surface area (Å²) in [6, 6.07) is 33.3. The summed E-state index contributed by atoms with van der Waals surface area (Å²) in [7, 11) is 0. The van der Waals surface area contributed by atoms with Crippen molar-refractivity contribution in [2.75, 3.05) is 13.2 Å². The van der Waals surface area contributed by atoms with Crippen LogP contribution in [-0.2, 0) is 9.47 Å². The Bertz CT molecular complexity index is 1690. The van der Waals surface area contributed by atoms with Gasteiger partial charge in [-0.3, -0.25) is 0 Å². The molecule has 2 aliphatic rings. The summed E-state index contributed by atoms with van der Waals surface area (Å²) in [5.41, 5.74) is 2.23. The van der Waals surface area contributed by atoms with Gasteiger partial charge in [-0.2, -0.15) is 0 Å². The highest BCUT2D eigenvalue weighted by molar-refractivity contribution is 5.90. The minimum atomic E-state index is -0.906. The fourth-order valence-electron chi connectivity index (χ4n) is 9.74. The Morgan fingerprint density at radius 3 is 1.08 bits per heavy atom. The second-order valence-corrected chi connectivity index (χ2v) is 18.3. The van der Waals surface area contributed by atoms with Crippen LogP contribution in [0, 0.1) is 23.7 Å². The lowest BCUT2D eigenvalue weighted by Crippen LogP contribution is -2.23. The Kier molecular flexibility index (Phi) is 19.8. The van der Waals surface area contributed by atoms with E-state index in [0.717, 1.165) is 59.1 Å². The van der Waals surface area contributed by atoms with E-state index >= 15 is 0 Å². The topological polar surface area (TPSA) is 71.1 Å². The van der Waals surface area contributed by atoms with Gasteiger partial charge in [-0.25, -0.2) is 9.59 Å². The molecule has 6 rings (SSSR count). The number of rotatable bonds is 25. The van der Waals surface area contributed by atoms with Gasteiger partial charge in [0.05, 0.1) is 24.3 Å². The first kappa shape index (κ1) is 46.9. The highest BCUT2D eigenvalue weighted by Gasteiger charge is 2.33. The highest BCUT2D eigenvalue weighted by atomic mass is 16.6. The van der Waals surface area contributed by atoms with Crippen LogP contribution in [0.5, 0.6) is 11.5 Å². The molecular formula is C56H74O6. The van der Waals surface area contributed by atoms with Crippen molar-refractivity contribution in [2.24, 2.45) is 23.7 Å². The van der Waals surface area contributed by atoms with E-state index in [9.17, 15) is 9.59 Å². The average molecular weight is 843 g/mol. The summed E-state index contributed by atoms with van der Waals surface area (Å²) in [5.74, 6) is 3.95. The van der Waals surface area contributed by atoms with Crippen LogP contribution in [0.4, 0.5) is 0 Å². The molecule has 2 atom stereocenters. The first-order valence-corrected chi connectivity index (χ1v) is 24.5. The van der Waals surface area contributed by atoms with E-state index in [1.807, 2.05) is 84.9 Å². The Labute approximate surface area is 373 Å². The molecule has 0 spiro atoms. The van der Waals surface area contributed by atoms with Crippen LogP contribution >= 0.6 is 0 Å².